The first kappa shape index (κ1) is 17.3. The summed E-state index contributed by atoms with van der Waals surface area (Å²) in [6.45, 7) is 0. The van der Waals surface area contributed by atoms with E-state index < -0.39 is 12.0 Å². The molecule has 120 valence electrons. The van der Waals surface area contributed by atoms with Gasteiger partial charge in [-0.2, -0.15) is 0 Å². The van der Waals surface area contributed by atoms with Gasteiger partial charge in [0.15, 0.2) is 0 Å². The first-order valence-corrected chi connectivity index (χ1v) is 7.64. The molecular formula is C17H15Cl2NO3. The van der Waals surface area contributed by atoms with Gasteiger partial charge in [-0.05, 0) is 42.0 Å². The predicted molar refractivity (Wildman–Crippen MR) is 89.9 cm³/mol. The number of carbonyl (C=O) groups excluding carboxylic acids is 2. The molecule has 2 aromatic rings. The lowest BCUT2D eigenvalue weighted by molar-refractivity contribution is -0.142. The van der Waals surface area contributed by atoms with Crippen molar-refractivity contribution >= 4 is 35.1 Å². The molecule has 0 saturated heterocycles. The van der Waals surface area contributed by atoms with Gasteiger partial charge < -0.3 is 10.1 Å². The van der Waals surface area contributed by atoms with E-state index in [4.69, 9.17) is 27.9 Å². The normalized spacial score (nSPS) is 11.6. The van der Waals surface area contributed by atoms with Gasteiger partial charge in [0.25, 0.3) is 5.91 Å². The van der Waals surface area contributed by atoms with Crippen molar-refractivity contribution in [2.45, 2.75) is 12.5 Å². The van der Waals surface area contributed by atoms with Gasteiger partial charge in [-0.25, -0.2) is 4.79 Å². The standard InChI is InChI=1S/C17H15Cl2NO3/c1-23-17(22)15(10-11-2-6-13(18)7-3-11)20-16(21)12-4-8-14(19)9-5-12/h2-9,15H,10H2,1H3,(H,20,21)/t15-/m1/s1. The van der Waals surface area contributed by atoms with E-state index in [0.717, 1.165) is 5.56 Å². The van der Waals surface area contributed by atoms with Crippen LogP contribution >= 0.6 is 23.2 Å². The van der Waals surface area contributed by atoms with Crippen LogP contribution in [0.4, 0.5) is 0 Å². The molecule has 0 heterocycles. The molecule has 0 saturated carbocycles. The molecule has 4 nitrogen and oxygen atoms in total. The summed E-state index contributed by atoms with van der Waals surface area (Å²) in [6.07, 6.45) is 0.309. The Balaban J connectivity index is 2.12. The van der Waals surface area contributed by atoms with Crippen LogP contribution in [0.3, 0.4) is 0 Å². The third-order valence-electron chi connectivity index (χ3n) is 3.25. The number of nitrogens with one attached hydrogen (secondary N) is 1. The molecule has 0 bridgehead atoms. The number of ether oxygens (including phenoxy) is 1. The zero-order valence-electron chi connectivity index (χ0n) is 12.4. The molecule has 1 atom stereocenters. The number of rotatable bonds is 5. The number of halogens is 2. The van der Waals surface area contributed by atoms with Crippen molar-refractivity contribution in [1.82, 2.24) is 5.32 Å². The van der Waals surface area contributed by atoms with Crippen molar-refractivity contribution in [2.75, 3.05) is 7.11 Å². The van der Waals surface area contributed by atoms with E-state index in [0.29, 0.717) is 22.0 Å². The quantitative estimate of drug-likeness (QED) is 0.838. The number of methoxy groups -OCH3 is 1. The smallest absolute Gasteiger partial charge is 0.328 e. The van der Waals surface area contributed by atoms with Crippen LogP contribution in [0.1, 0.15) is 15.9 Å². The first-order chi connectivity index (χ1) is 11.0. The monoisotopic (exact) mass is 351 g/mol. The van der Waals surface area contributed by atoms with Gasteiger partial charge in [0.05, 0.1) is 7.11 Å². The fraction of sp³-hybridized carbons (Fsp3) is 0.176. The van der Waals surface area contributed by atoms with Crippen LogP contribution in [0.25, 0.3) is 0 Å². The highest BCUT2D eigenvalue weighted by molar-refractivity contribution is 6.30. The minimum atomic E-state index is -0.788. The highest BCUT2D eigenvalue weighted by atomic mass is 35.5. The Hall–Kier alpha value is -2.04. The minimum absolute atomic E-state index is 0.309. The summed E-state index contributed by atoms with van der Waals surface area (Å²) < 4.78 is 4.76. The minimum Gasteiger partial charge on any atom is -0.467 e. The van der Waals surface area contributed by atoms with Crippen LogP contribution in [0, 0.1) is 0 Å². The summed E-state index contributed by atoms with van der Waals surface area (Å²) >= 11 is 11.6. The van der Waals surface area contributed by atoms with E-state index in [2.05, 4.69) is 5.32 Å². The van der Waals surface area contributed by atoms with Crippen molar-refractivity contribution in [1.29, 1.82) is 0 Å². The fourth-order valence-corrected chi connectivity index (χ4v) is 2.29. The third-order valence-corrected chi connectivity index (χ3v) is 3.75. The number of esters is 1. The molecule has 23 heavy (non-hydrogen) atoms. The van der Waals surface area contributed by atoms with E-state index in [1.54, 1.807) is 48.5 Å². The van der Waals surface area contributed by atoms with E-state index in [1.807, 2.05) is 0 Å². The van der Waals surface area contributed by atoms with E-state index in [-0.39, 0.29) is 5.91 Å². The van der Waals surface area contributed by atoms with Gasteiger partial charge in [0, 0.05) is 22.0 Å². The molecule has 0 spiro atoms. The Labute approximate surface area is 144 Å². The zero-order chi connectivity index (χ0) is 16.8. The summed E-state index contributed by atoms with van der Waals surface area (Å²) in [4.78, 5) is 24.2. The number of hydrogen-bond donors (Lipinski definition) is 1. The maximum Gasteiger partial charge on any atom is 0.328 e. The highest BCUT2D eigenvalue weighted by Gasteiger charge is 2.22. The van der Waals surface area contributed by atoms with Crippen molar-refractivity contribution < 1.29 is 14.3 Å². The van der Waals surface area contributed by atoms with Crippen LogP contribution in [0.2, 0.25) is 10.0 Å². The summed E-state index contributed by atoms with van der Waals surface area (Å²) in [5.41, 5.74) is 1.28. The zero-order valence-corrected chi connectivity index (χ0v) is 13.9. The molecule has 2 rings (SSSR count). The van der Waals surface area contributed by atoms with Crippen LogP contribution in [0.5, 0.6) is 0 Å². The summed E-state index contributed by atoms with van der Waals surface area (Å²) in [5.74, 6) is -0.881. The van der Waals surface area contributed by atoms with Gasteiger partial charge >= 0.3 is 5.97 Å². The molecule has 6 heteroatoms. The van der Waals surface area contributed by atoms with Crippen LogP contribution in [-0.4, -0.2) is 25.0 Å². The fourth-order valence-electron chi connectivity index (χ4n) is 2.03. The highest BCUT2D eigenvalue weighted by Crippen LogP contribution is 2.13. The average molecular weight is 352 g/mol. The van der Waals surface area contributed by atoms with E-state index in [9.17, 15) is 9.59 Å². The summed E-state index contributed by atoms with van der Waals surface area (Å²) in [7, 11) is 1.28. The second-order valence-electron chi connectivity index (χ2n) is 4.89. The molecule has 0 fully saturated rings. The van der Waals surface area contributed by atoms with Crippen molar-refractivity contribution in [2.24, 2.45) is 0 Å². The Morgan fingerprint density at radius 1 is 1.00 bits per heavy atom. The molecule has 0 aromatic heterocycles. The molecule has 0 unspecified atom stereocenters. The maximum absolute atomic E-state index is 12.2. The second-order valence-corrected chi connectivity index (χ2v) is 5.76. The molecule has 1 amide bonds. The van der Waals surface area contributed by atoms with Crippen LogP contribution in [-0.2, 0) is 16.0 Å². The number of carbonyl (C=O) groups is 2. The molecule has 0 aliphatic rings. The second kappa shape index (κ2) is 7.99. The Morgan fingerprint density at radius 2 is 1.52 bits per heavy atom. The molecule has 0 aliphatic heterocycles. The molecule has 0 aliphatic carbocycles. The van der Waals surface area contributed by atoms with Gasteiger partial charge in [0.1, 0.15) is 6.04 Å². The maximum atomic E-state index is 12.2. The van der Waals surface area contributed by atoms with Crippen LogP contribution in [0.15, 0.2) is 48.5 Å². The van der Waals surface area contributed by atoms with Crippen LogP contribution < -0.4 is 5.32 Å². The van der Waals surface area contributed by atoms with Crippen molar-refractivity contribution in [3.63, 3.8) is 0 Å². The Bertz CT molecular complexity index is 684. The van der Waals surface area contributed by atoms with Gasteiger partial charge in [-0.3, -0.25) is 4.79 Å². The van der Waals surface area contributed by atoms with E-state index >= 15 is 0 Å². The average Bonchev–Trinajstić information content (AvgIpc) is 2.56. The van der Waals surface area contributed by atoms with E-state index in [1.165, 1.54) is 7.11 Å². The number of amides is 1. The lowest BCUT2D eigenvalue weighted by atomic mass is 10.1. The predicted octanol–water partition coefficient (Wildman–Crippen LogP) is 3.51. The SMILES string of the molecule is COC(=O)[C@@H](Cc1ccc(Cl)cc1)NC(=O)c1ccc(Cl)cc1. The molecule has 2 aromatic carbocycles. The number of hydrogen-bond acceptors (Lipinski definition) is 3. The largest absolute Gasteiger partial charge is 0.467 e. The molecule has 0 radical (unpaired) electrons. The topological polar surface area (TPSA) is 55.4 Å². The van der Waals surface area contributed by atoms with Crippen molar-refractivity contribution in [3.8, 4) is 0 Å². The first-order valence-electron chi connectivity index (χ1n) is 6.88. The third kappa shape index (κ3) is 4.98. The number of benzene rings is 2. The van der Waals surface area contributed by atoms with Gasteiger partial charge in [-0.15, -0.1) is 0 Å². The lowest BCUT2D eigenvalue weighted by Gasteiger charge is -2.16. The van der Waals surface area contributed by atoms with Crippen molar-refractivity contribution in [3.05, 3.63) is 69.7 Å². The Morgan fingerprint density at radius 3 is 2.04 bits per heavy atom. The molecular weight excluding hydrogens is 337 g/mol. The summed E-state index contributed by atoms with van der Waals surface area (Å²) in [5, 5.41) is 3.82. The Kier molecular flexibility index (Phi) is 6.02. The lowest BCUT2D eigenvalue weighted by Crippen LogP contribution is -2.43. The van der Waals surface area contributed by atoms with Gasteiger partial charge in [0.2, 0.25) is 0 Å². The summed E-state index contributed by atoms with van der Waals surface area (Å²) in [6, 6.07) is 12.7. The van der Waals surface area contributed by atoms with Gasteiger partial charge in [-0.1, -0.05) is 35.3 Å². The molecule has 1 N–H and O–H groups in total.